The molecule has 0 radical (unpaired) electrons. The summed E-state index contributed by atoms with van der Waals surface area (Å²) in [7, 11) is 1.47. The van der Waals surface area contributed by atoms with Gasteiger partial charge in [-0.05, 0) is 23.8 Å². The van der Waals surface area contributed by atoms with Gasteiger partial charge in [0.15, 0.2) is 0 Å². The molecule has 5 N–H and O–H groups in total. The van der Waals surface area contributed by atoms with Crippen molar-refractivity contribution in [2.45, 2.75) is 18.9 Å². The molecule has 0 aliphatic carbocycles. The van der Waals surface area contributed by atoms with E-state index in [1.54, 1.807) is 0 Å². The SMILES string of the molecule is CNNC(=NCc1cc(C(F)(F)F)cc(C(F)(F)F)c1)NN. The summed E-state index contributed by atoms with van der Waals surface area (Å²) in [5.74, 6) is 5.03. The number of nitrogens with zero attached hydrogens (tertiary/aromatic N) is 1. The van der Waals surface area contributed by atoms with Crippen LogP contribution in [-0.2, 0) is 18.9 Å². The van der Waals surface area contributed by atoms with Gasteiger partial charge in [-0.1, -0.05) is 0 Å². The zero-order valence-electron chi connectivity index (χ0n) is 11.2. The molecule has 0 fully saturated rings. The van der Waals surface area contributed by atoms with Crippen LogP contribution in [0.1, 0.15) is 16.7 Å². The maximum atomic E-state index is 12.7. The second-order valence-corrected chi connectivity index (χ2v) is 4.10. The van der Waals surface area contributed by atoms with E-state index < -0.39 is 30.0 Å². The molecule has 0 saturated carbocycles. The Morgan fingerprint density at radius 2 is 1.55 bits per heavy atom. The summed E-state index contributed by atoms with van der Waals surface area (Å²) in [6.07, 6.45) is -9.78. The lowest BCUT2D eigenvalue weighted by Gasteiger charge is -2.14. The maximum absolute atomic E-state index is 12.7. The Bertz CT molecular complexity index is 505. The number of benzene rings is 1. The molecule has 0 heterocycles. The Kier molecular flexibility index (Phi) is 5.60. The van der Waals surface area contributed by atoms with Crippen molar-refractivity contribution in [1.29, 1.82) is 0 Å². The van der Waals surface area contributed by atoms with Crippen LogP contribution in [0.15, 0.2) is 23.2 Å². The molecule has 1 rings (SSSR count). The lowest BCUT2D eigenvalue weighted by atomic mass is 10.0. The average molecular weight is 329 g/mol. The fourth-order valence-electron chi connectivity index (χ4n) is 1.52. The van der Waals surface area contributed by atoms with Crippen LogP contribution in [-0.4, -0.2) is 13.0 Å². The predicted octanol–water partition coefficient (Wildman–Crippen LogP) is 1.77. The van der Waals surface area contributed by atoms with Gasteiger partial charge in [0.05, 0.1) is 17.7 Å². The number of guanidine groups is 1. The van der Waals surface area contributed by atoms with E-state index in [1.165, 1.54) is 7.05 Å². The van der Waals surface area contributed by atoms with Gasteiger partial charge >= 0.3 is 12.4 Å². The third kappa shape index (κ3) is 5.07. The first-order valence-corrected chi connectivity index (χ1v) is 5.80. The summed E-state index contributed by atoms with van der Waals surface area (Å²) in [4.78, 5) is 3.72. The molecule has 0 aliphatic rings. The van der Waals surface area contributed by atoms with Crippen LogP contribution in [0.3, 0.4) is 0 Å². The Morgan fingerprint density at radius 3 is 1.91 bits per heavy atom. The van der Waals surface area contributed by atoms with Crippen molar-refractivity contribution in [1.82, 2.24) is 16.3 Å². The summed E-state index contributed by atoms with van der Waals surface area (Å²) >= 11 is 0. The van der Waals surface area contributed by atoms with Crippen LogP contribution in [0, 0.1) is 0 Å². The van der Waals surface area contributed by atoms with Crippen LogP contribution < -0.4 is 22.1 Å². The van der Waals surface area contributed by atoms with Gasteiger partial charge in [-0.15, -0.1) is 0 Å². The number of alkyl halides is 6. The smallest absolute Gasteiger partial charge is 0.293 e. The minimum Gasteiger partial charge on any atom is -0.293 e. The largest absolute Gasteiger partial charge is 0.416 e. The number of rotatable bonds is 3. The van der Waals surface area contributed by atoms with Crippen molar-refractivity contribution < 1.29 is 26.3 Å². The third-order valence-corrected chi connectivity index (χ3v) is 2.45. The molecule has 124 valence electrons. The second-order valence-electron chi connectivity index (χ2n) is 4.10. The van der Waals surface area contributed by atoms with Crippen LogP contribution in [0.25, 0.3) is 0 Å². The van der Waals surface area contributed by atoms with Gasteiger partial charge in [0.1, 0.15) is 0 Å². The van der Waals surface area contributed by atoms with Gasteiger partial charge < -0.3 is 0 Å². The van der Waals surface area contributed by atoms with E-state index in [0.29, 0.717) is 12.1 Å². The molecule has 0 saturated heterocycles. The van der Waals surface area contributed by atoms with Crippen LogP contribution in [0.5, 0.6) is 0 Å². The van der Waals surface area contributed by atoms with Crippen molar-refractivity contribution in [2.75, 3.05) is 7.05 Å². The van der Waals surface area contributed by atoms with Crippen LogP contribution in [0.4, 0.5) is 26.3 Å². The molecular formula is C11H13F6N5. The van der Waals surface area contributed by atoms with Gasteiger partial charge in [0.2, 0.25) is 5.96 Å². The molecule has 0 atom stereocenters. The quantitative estimate of drug-likeness (QED) is 0.224. The van der Waals surface area contributed by atoms with Gasteiger partial charge in [0.25, 0.3) is 0 Å². The highest BCUT2D eigenvalue weighted by atomic mass is 19.4. The standard InChI is InChI=1S/C11H13F6N5/c1-19-22-9(21-18)20-5-6-2-7(10(12,13)14)4-8(3-6)11(15,16)17/h2-4,19H,5,18H2,1H3,(H2,20,21,22). The molecule has 0 amide bonds. The first-order chi connectivity index (χ1) is 10.1. The van der Waals surface area contributed by atoms with E-state index in [9.17, 15) is 26.3 Å². The Labute approximate surface area is 121 Å². The summed E-state index contributed by atoms with van der Waals surface area (Å²) in [6.45, 7) is -0.429. The van der Waals surface area contributed by atoms with Crippen molar-refractivity contribution in [2.24, 2.45) is 10.8 Å². The Hall–Kier alpha value is -2.01. The lowest BCUT2D eigenvalue weighted by Crippen LogP contribution is -2.46. The van der Waals surface area contributed by atoms with E-state index in [-0.39, 0.29) is 17.6 Å². The lowest BCUT2D eigenvalue weighted by molar-refractivity contribution is -0.143. The number of hydrogen-bond acceptors (Lipinski definition) is 3. The topological polar surface area (TPSA) is 74.5 Å². The summed E-state index contributed by atoms with van der Waals surface area (Å²) in [6, 6.07) is 1.26. The highest BCUT2D eigenvalue weighted by Gasteiger charge is 2.36. The summed E-state index contributed by atoms with van der Waals surface area (Å²) in [5, 5.41) is 0. The monoisotopic (exact) mass is 329 g/mol. The molecule has 1 aromatic carbocycles. The van der Waals surface area contributed by atoms with Crippen molar-refractivity contribution in [3.05, 3.63) is 34.9 Å². The first-order valence-electron chi connectivity index (χ1n) is 5.80. The molecule has 0 bridgehead atoms. The minimum atomic E-state index is -4.89. The zero-order valence-corrected chi connectivity index (χ0v) is 11.2. The van der Waals surface area contributed by atoms with Gasteiger partial charge in [0, 0.05) is 7.05 Å². The fraction of sp³-hybridized carbons (Fsp3) is 0.364. The van der Waals surface area contributed by atoms with E-state index in [1.807, 2.05) is 0 Å². The zero-order chi connectivity index (χ0) is 17.0. The molecular weight excluding hydrogens is 316 g/mol. The normalized spacial score (nSPS) is 13.2. The Morgan fingerprint density at radius 1 is 1.05 bits per heavy atom. The Balaban J connectivity index is 3.19. The van der Waals surface area contributed by atoms with Gasteiger partial charge in [-0.3, -0.25) is 10.9 Å². The number of nitrogens with one attached hydrogen (secondary N) is 3. The van der Waals surface area contributed by atoms with E-state index in [0.717, 1.165) is 0 Å². The number of hydrazine groups is 2. The minimum absolute atomic E-state index is 0.0477. The molecule has 0 spiro atoms. The van der Waals surface area contributed by atoms with E-state index >= 15 is 0 Å². The average Bonchev–Trinajstić information content (AvgIpc) is 2.41. The number of halogens is 6. The molecule has 5 nitrogen and oxygen atoms in total. The molecule has 0 aliphatic heterocycles. The van der Waals surface area contributed by atoms with Crippen molar-refractivity contribution in [3.63, 3.8) is 0 Å². The molecule has 11 heteroatoms. The fourth-order valence-corrected chi connectivity index (χ4v) is 1.52. The number of aliphatic imine (C=N–C) groups is 1. The number of hydrogen-bond donors (Lipinski definition) is 4. The van der Waals surface area contributed by atoms with Gasteiger partial charge in [-0.25, -0.2) is 16.3 Å². The van der Waals surface area contributed by atoms with Gasteiger partial charge in [-0.2, -0.15) is 26.3 Å². The molecule has 0 unspecified atom stereocenters. The van der Waals surface area contributed by atoms with E-state index in [4.69, 9.17) is 5.84 Å². The van der Waals surface area contributed by atoms with Crippen LogP contribution >= 0.6 is 0 Å². The molecule has 1 aromatic rings. The summed E-state index contributed by atoms with van der Waals surface area (Å²) < 4.78 is 76.0. The maximum Gasteiger partial charge on any atom is 0.416 e. The first kappa shape index (κ1) is 18.0. The van der Waals surface area contributed by atoms with Crippen molar-refractivity contribution in [3.8, 4) is 0 Å². The summed E-state index contributed by atoms with van der Waals surface area (Å²) in [5.41, 5.74) is 3.91. The highest BCUT2D eigenvalue weighted by molar-refractivity contribution is 5.78. The predicted molar refractivity (Wildman–Crippen MR) is 67.1 cm³/mol. The van der Waals surface area contributed by atoms with Crippen molar-refractivity contribution >= 4 is 5.96 Å². The van der Waals surface area contributed by atoms with E-state index in [2.05, 4.69) is 21.3 Å². The third-order valence-electron chi connectivity index (χ3n) is 2.45. The van der Waals surface area contributed by atoms with Crippen LogP contribution in [0.2, 0.25) is 0 Å². The molecule has 0 aromatic heterocycles. The number of nitrogens with two attached hydrogens (primary N) is 1. The molecule has 22 heavy (non-hydrogen) atoms. The highest BCUT2D eigenvalue weighted by Crippen LogP contribution is 2.36. The second kappa shape index (κ2) is 6.83.